The van der Waals surface area contributed by atoms with E-state index < -0.39 is 41.3 Å². The van der Waals surface area contributed by atoms with Crippen LogP contribution in [0.15, 0.2) is 54.6 Å². The van der Waals surface area contributed by atoms with E-state index in [0.29, 0.717) is 22.2 Å². The quantitative estimate of drug-likeness (QED) is 0.437. The van der Waals surface area contributed by atoms with Crippen LogP contribution in [0.5, 0.6) is 0 Å². The van der Waals surface area contributed by atoms with Crippen LogP contribution in [0.1, 0.15) is 38.7 Å². The molecule has 1 saturated carbocycles. The van der Waals surface area contributed by atoms with Gasteiger partial charge >= 0.3 is 0 Å². The van der Waals surface area contributed by atoms with E-state index >= 15 is 0 Å². The van der Waals surface area contributed by atoms with Crippen LogP contribution in [-0.4, -0.2) is 46.4 Å². The molecule has 0 unspecified atom stereocenters. The molecule has 2 N–H and O–H groups in total. The Labute approximate surface area is 248 Å². The van der Waals surface area contributed by atoms with Crippen LogP contribution in [0.2, 0.25) is 10.0 Å². The van der Waals surface area contributed by atoms with Crippen molar-refractivity contribution in [2.24, 2.45) is 23.7 Å². The third kappa shape index (κ3) is 4.74. The summed E-state index contributed by atoms with van der Waals surface area (Å²) in [6.07, 6.45) is 5.85. The molecule has 0 radical (unpaired) electrons. The predicted octanol–water partition coefficient (Wildman–Crippen LogP) is 5.36. The van der Waals surface area contributed by atoms with E-state index in [2.05, 4.69) is 24.5 Å². The van der Waals surface area contributed by atoms with Gasteiger partial charge in [0.05, 0.1) is 23.0 Å². The molecule has 1 spiro atoms. The maximum atomic E-state index is 14.2. The molecule has 2 aromatic carbocycles. The number of benzene rings is 2. The van der Waals surface area contributed by atoms with E-state index in [-0.39, 0.29) is 35.3 Å². The van der Waals surface area contributed by atoms with E-state index in [1.165, 1.54) is 17.0 Å². The van der Waals surface area contributed by atoms with Crippen molar-refractivity contribution in [1.82, 2.24) is 10.2 Å². The first-order chi connectivity index (χ1) is 19.6. The number of ether oxygens (including phenoxy) is 1. The van der Waals surface area contributed by atoms with Crippen LogP contribution in [0.3, 0.4) is 0 Å². The lowest BCUT2D eigenvalue weighted by Crippen LogP contribution is -2.57. The van der Waals surface area contributed by atoms with Gasteiger partial charge in [-0.15, -0.1) is 0 Å². The molecule has 3 heterocycles. The second-order valence-electron chi connectivity index (χ2n) is 11.8. The van der Waals surface area contributed by atoms with Gasteiger partial charge in [0.15, 0.2) is 0 Å². The summed E-state index contributed by atoms with van der Waals surface area (Å²) in [4.78, 5) is 43.5. The van der Waals surface area contributed by atoms with Gasteiger partial charge in [-0.1, -0.05) is 80.2 Å². The molecule has 7 nitrogen and oxygen atoms in total. The van der Waals surface area contributed by atoms with E-state index in [1.54, 1.807) is 24.3 Å². The fourth-order valence-corrected chi connectivity index (χ4v) is 7.47. The lowest BCUT2D eigenvalue weighted by molar-refractivity contribution is -0.142. The van der Waals surface area contributed by atoms with Gasteiger partial charge < -0.3 is 20.3 Å². The second-order valence-corrected chi connectivity index (χ2v) is 12.6. The summed E-state index contributed by atoms with van der Waals surface area (Å²) in [5.74, 6) is -2.77. The van der Waals surface area contributed by atoms with Crippen molar-refractivity contribution in [3.05, 3.63) is 76.0 Å². The number of nitrogens with zero attached hydrogens (tertiary/aromatic N) is 1. The zero-order valence-corrected chi connectivity index (χ0v) is 24.3. The van der Waals surface area contributed by atoms with Crippen molar-refractivity contribution in [3.63, 3.8) is 0 Å². The standard InChI is InChI=1S/C31H32Cl2FN3O4/c1-16-6-5-9-23(17(16)2)36-29(39)27-31-13-12-24(41-31)25(28(38)35-19-10-11-22(34)21(33)14-19)26(31)30(40)37(27)15-18-7-3-4-8-20(18)32/h3-4,7-8,10-14,16-17,23-27H,5-6,9,15H2,1-2H3,(H,35,38)(H,36,39)/t16-,17+,23+,24-,25-,26-,27+,31+/m1/s1. The normalized spacial score (nSPS) is 33.6. The third-order valence-corrected chi connectivity index (χ3v) is 10.1. The molecule has 2 saturated heterocycles. The predicted molar refractivity (Wildman–Crippen MR) is 154 cm³/mol. The maximum absolute atomic E-state index is 14.2. The zero-order chi connectivity index (χ0) is 29.1. The molecule has 2 bridgehead atoms. The number of nitrogens with one attached hydrogen (secondary N) is 2. The number of likely N-dealkylation sites (tertiary alicyclic amines) is 1. The minimum absolute atomic E-state index is 0.0242. The molecule has 1 aliphatic carbocycles. The van der Waals surface area contributed by atoms with Crippen molar-refractivity contribution < 1.29 is 23.5 Å². The fourth-order valence-electron chi connectivity index (χ4n) is 7.09. The Morgan fingerprint density at radius 1 is 1.10 bits per heavy atom. The van der Waals surface area contributed by atoms with Crippen LogP contribution >= 0.6 is 23.2 Å². The monoisotopic (exact) mass is 599 g/mol. The summed E-state index contributed by atoms with van der Waals surface area (Å²) in [7, 11) is 0. The van der Waals surface area contributed by atoms with Gasteiger partial charge in [0.25, 0.3) is 0 Å². The number of anilines is 1. The fraction of sp³-hybridized carbons (Fsp3) is 0.452. The van der Waals surface area contributed by atoms with Gasteiger partial charge in [-0.25, -0.2) is 4.39 Å². The average Bonchev–Trinajstić information content (AvgIpc) is 3.58. The topological polar surface area (TPSA) is 87.7 Å². The molecule has 216 valence electrons. The number of carbonyl (C=O) groups is 3. The molecule has 3 amide bonds. The van der Waals surface area contributed by atoms with Crippen LogP contribution in [0, 0.1) is 29.5 Å². The molecule has 10 heteroatoms. The SMILES string of the molecule is C[C@H]1[C@H](C)CCC[C@@H]1NC(=O)[C@@H]1N(Cc2ccccc2Cl)C(=O)[C@H]2[C@H](C(=O)Nc3ccc(F)c(Cl)c3)[C@H]3C=C[C@@]12O3. The van der Waals surface area contributed by atoms with Gasteiger partial charge in [-0.05, 0) is 48.1 Å². The van der Waals surface area contributed by atoms with Crippen LogP contribution in [0.4, 0.5) is 10.1 Å². The number of fused-ring (bicyclic) bond motifs is 1. The molecule has 2 aromatic rings. The number of rotatable bonds is 6. The smallest absolute Gasteiger partial charge is 0.246 e. The van der Waals surface area contributed by atoms with E-state index in [1.807, 2.05) is 12.1 Å². The minimum atomic E-state index is -1.31. The lowest BCUT2D eigenvalue weighted by atomic mass is 9.73. The van der Waals surface area contributed by atoms with Crippen molar-refractivity contribution in [3.8, 4) is 0 Å². The zero-order valence-electron chi connectivity index (χ0n) is 22.8. The van der Waals surface area contributed by atoms with E-state index in [4.69, 9.17) is 27.9 Å². The van der Waals surface area contributed by atoms with Crippen LogP contribution in [-0.2, 0) is 25.7 Å². The van der Waals surface area contributed by atoms with Gasteiger partial charge in [0, 0.05) is 23.3 Å². The molecule has 6 rings (SSSR count). The Kier molecular flexibility index (Phi) is 7.37. The summed E-state index contributed by atoms with van der Waals surface area (Å²) < 4.78 is 20.1. The van der Waals surface area contributed by atoms with E-state index in [9.17, 15) is 18.8 Å². The molecule has 8 atom stereocenters. The van der Waals surface area contributed by atoms with Crippen LogP contribution in [0.25, 0.3) is 0 Å². The molecule has 4 aliphatic rings. The van der Waals surface area contributed by atoms with Gasteiger partial charge in [0.1, 0.15) is 17.5 Å². The number of hydrogen-bond acceptors (Lipinski definition) is 4. The highest BCUT2D eigenvalue weighted by molar-refractivity contribution is 6.31. The number of amides is 3. The highest BCUT2D eigenvalue weighted by Crippen LogP contribution is 2.55. The van der Waals surface area contributed by atoms with Gasteiger partial charge in [-0.2, -0.15) is 0 Å². The highest BCUT2D eigenvalue weighted by Gasteiger charge is 2.72. The summed E-state index contributed by atoms with van der Waals surface area (Å²) in [6, 6.07) is 10.1. The van der Waals surface area contributed by atoms with Crippen molar-refractivity contribution in [2.45, 2.75) is 63.4 Å². The van der Waals surface area contributed by atoms with Crippen molar-refractivity contribution >= 4 is 46.6 Å². The molecular weight excluding hydrogens is 568 g/mol. The highest BCUT2D eigenvalue weighted by atomic mass is 35.5. The van der Waals surface area contributed by atoms with Gasteiger partial charge in [-0.3, -0.25) is 14.4 Å². The van der Waals surface area contributed by atoms with Crippen molar-refractivity contribution in [1.29, 1.82) is 0 Å². The Hall–Kier alpha value is -2.94. The van der Waals surface area contributed by atoms with E-state index in [0.717, 1.165) is 25.3 Å². The van der Waals surface area contributed by atoms with Gasteiger partial charge in [0.2, 0.25) is 17.7 Å². The average molecular weight is 601 g/mol. The summed E-state index contributed by atoms with van der Waals surface area (Å²) in [5.41, 5.74) is -0.314. The summed E-state index contributed by atoms with van der Waals surface area (Å²) >= 11 is 12.4. The molecule has 0 aromatic heterocycles. The molecular formula is C31H32Cl2FN3O4. The second kappa shape index (κ2) is 10.7. The first kappa shape index (κ1) is 28.2. The Bertz CT molecular complexity index is 1440. The molecule has 41 heavy (non-hydrogen) atoms. The Morgan fingerprint density at radius 2 is 1.88 bits per heavy atom. The number of carbonyl (C=O) groups excluding carboxylic acids is 3. The largest absolute Gasteiger partial charge is 0.359 e. The number of halogens is 3. The first-order valence-corrected chi connectivity index (χ1v) is 14.8. The molecule has 3 aliphatic heterocycles. The number of hydrogen-bond donors (Lipinski definition) is 2. The van der Waals surface area contributed by atoms with Crippen molar-refractivity contribution in [2.75, 3.05) is 5.32 Å². The first-order valence-electron chi connectivity index (χ1n) is 14.1. The Balaban J connectivity index is 1.34. The van der Waals surface area contributed by atoms with Crippen LogP contribution < -0.4 is 10.6 Å². The third-order valence-electron chi connectivity index (χ3n) is 9.45. The lowest BCUT2D eigenvalue weighted by Gasteiger charge is -2.38. The molecule has 3 fully saturated rings. The maximum Gasteiger partial charge on any atom is 0.246 e. The summed E-state index contributed by atoms with van der Waals surface area (Å²) in [5, 5.41) is 6.36. The Morgan fingerprint density at radius 3 is 2.63 bits per heavy atom. The minimum Gasteiger partial charge on any atom is -0.359 e. The summed E-state index contributed by atoms with van der Waals surface area (Å²) in [6.45, 7) is 4.44.